The Morgan fingerprint density at radius 2 is 2.06 bits per heavy atom. The molecule has 5 heteroatoms. The number of nitrogens with one attached hydrogen (secondary N) is 2. The van der Waals surface area contributed by atoms with Gasteiger partial charge in [0.15, 0.2) is 0 Å². The van der Waals surface area contributed by atoms with Crippen LogP contribution in [0.25, 0.3) is 0 Å². The Hall–Kier alpha value is -1.36. The summed E-state index contributed by atoms with van der Waals surface area (Å²) in [5.41, 5.74) is 0.964. The Morgan fingerprint density at radius 3 is 2.65 bits per heavy atom. The molecule has 17 heavy (non-hydrogen) atoms. The molecule has 1 rings (SSSR count). The molecule has 0 aliphatic heterocycles. The quantitative estimate of drug-likeness (QED) is 0.786. The molecule has 2 N–H and O–H groups in total. The van der Waals surface area contributed by atoms with Crippen LogP contribution in [0.4, 0.5) is 11.8 Å². The highest BCUT2D eigenvalue weighted by Crippen LogP contribution is 2.11. The number of hydrogen-bond acceptors (Lipinski definition) is 5. The van der Waals surface area contributed by atoms with E-state index in [-0.39, 0.29) is 0 Å². The molecular weight excluding hydrogens is 214 g/mol. The Bertz CT molecular complexity index is 351. The summed E-state index contributed by atoms with van der Waals surface area (Å²) in [7, 11) is 6.00. The normalized spacial score (nSPS) is 12.6. The van der Waals surface area contributed by atoms with Crippen LogP contribution in [0.1, 0.15) is 19.0 Å². The third-order valence-electron chi connectivity index (χ3n) is 2.48. The van der Waals surface area contributed by atoms with E-state index in [2.05, 4.69) is 46.5 Å². The van der Waals surface area contributed by atoms with Gasteiger partial charge in [-0.15, -0.1) is 0 Å². The zero-order valence-corrected chi connectivity index (χ0v) is 11.4. The van der Waals surface area contributed by atoms with E-state index in [9.17, 15) is 0 Å². The van der Waals surface area contributed by atoms with Gasteiger partial charge in [0.2, 0.25) is 5.95 Å². The summed E-state index contributed by atoms with van der Waals surface area (Å²) in [6.07, 6.45) is 1.09. The van der Waals surface area contributed by atoms with Gasteiger partial charge in [0.1, 0.15) is 5.82 Å². The van der Waals surface area contributed by atoms with Crippen molar-refractivity contribution >= 4 is 11.8 Å². The van der Waals surface area contributed by atoms with E-state index in [1.165, 1.54) is 0 Å². The molecule has 0 amide bonds. The third-order valence-corrected chi connectivity index (χ3v) is 2.48. The summed E-state index contributed by atoms with van der Waals surface area (Å²) < 4.78 is 0. The van der Waals surface area contributed by atoms with Gasteiger partial charge in [-0.25, -0.2) is 4.98 Å². The van der Waals surface area contributed by atoms with Crippen molar-refractivity contribution in [1.29, 1.82) is 0 Å². The number of hydrogen-bond donors (Lipinski definition) is 2. The van der Waals surface area contributed by atoms with Gasteiger partial charge in [-0.3, -0.25) is 0 Å². The molecule has 0 bridgehead atoms. The number of aryl methyl sites for hydroxylation is 1. The van der Waals surface area contributed by atoms with Gasteiger partial charge in [-0.2, -0.15) is 4.98 Å². The van der Waals surface area contributed by atoms with Gasteiger partial charge < -0.3 is 15.5 Å². The van der Waals surface area contributed by atoms with Crippen molar-refractivity contribution < 1.29 is 0 Å². The molecule has 0 aromatic carbocycles. The van der Waals surface area contributed by atoms with Crippen LogP contribution < -0.4 is 10.6 Å². The fourth-order valence-electron chi connectivity index (χ4n) is 1.53. The van der Waals surface area contributed by atoms with Gasteiger partial charge in [-0.05, 0) is 40.9 Å². The molecule has 0 radical (unpaired) electrons. The lowest BCUT2D eigenvalue weighted by atomic mass is 10.2. The molecule has 0 aliphatic carbocycles. The van der Waals surface area contributed by atoms with Crippen LogP contribution >= 0.6 is 0 Å². The van der Waals surface area contributed by atoms with Crippen molar-refractivity contribution in [2.24, 2.45) is 0 Å². The maximum absolute atomic E-state index is 4.37. The Morgan fingerprint density at radius 1 is 1.35 bits per heavy atom. The number of anilines is 2. The predicted molar refractivity (Wildman–Crippen MR) is 72.6 cm³/mol. The molecule has 1 aromatic rings. The van der Waals surface area contributed by atoms with Crippen molar-refractivity contribution in [3.63, 3.8) is 0 Å². The standard InChI is InChI=1S/C12H23N5/c1-9(6-7-17(4)5)14-11-8-10(2)15-12(13-3)16-11/h8-9H,6-7H2,1-5H3,(H2,13,14,15,16). The fraction of sp³-hybridized carbons (Fsp3) is 0.667. The van der Waals surface area contributed by atoms with Crippen molar-refractivity contribution in [2.45, 2.75) is 26.3 Å². The molecule has 0 spiro atoms. The summed E-state index contributed by atoms with van der Waals surface area (Å²) in [5.74, 6) is 1.54. The first kappa shape index (κ1) is 13.7. The fourth-order valence-corrected chi connectivity index (χ4v) is 1.53. The number of nitrogens with zero attached hydrogens (tertiary/aromatic N) is 3. The number of aromatic nitrogens is 2. The van der Waals surface area contributed by atoms with Crippen molar-refractivity contribution in [3.8, 4) is 0 Å². The van der Waals surface area contributed by atoms with Crippen LogP contribution in [0.5, 0.6) is 0 Å². The van der Waals surface area contributed by atoms with Gasteiger partial charge in [0, 0.05) is 24.8 Å². The summed E-state index contributed by atoms with van der Waals surface area (Å²) in [4.78, 5) is 10.8. The van der Waals surface area contributed by atoms with Crippen LogP contribution in [-0.4, -0.2) is 48.6 Å². The first-order chi connectivity index (χ1) is 8.01. The SMILES string of the molecule is CNc1nc(C)cc(NC(C)CCN(C)C)n1. The first-order valence-corrected chi connectivity index (χ1v) is 5.96. The Kier molecular flexibility index (Phi) is 5.15. The highest BCUT2D eigenvalue weighted by molar-refractivity contribution is 5.42. The minimum atomic E-state index is 0.399. The van der Waals surface area contributed by atoms with E-state index < -0.39 is 0 Å². The second-order valence-corrected chi connectivity index (χ2v) is 4.61. The van der Waals surface area contributed by atoms with Gasteiger partial charge >= 0.3 is 0 Å². The topological polar surface area (TPSA) is 53.1 Å². The van der Waals surface area contributed by atoms with E-state index >= 15 is 0 Å². The minimum Gasteiger partial charge on any atom is -0.367 e. The smallest absolute Gasteiger partial charge is 0.224 e. The van der Waals surface area contributed by atoms with Gasteiger partial charge in [-0.1, -0.05) is 0 Å². The highest BCUT2D eigenvalue weighted by atomic mass is 15.1. The molecule has 0 aliphatic rings. The average molecular weight is 237 g/mol. The summed E-state index contributed by atoms with van der Waals surface area (Å²) in [6.45, 7) is 5.20. The van der Waals surface area contributed by atoms with Crippen molar-refractivity contribution in [1.82, 2.24) is 14.9 Å². The third kappa shape index (κ3) is 4.99. The largest absolute Gasteiger partial charge is 0.367 e. The lowest BCUT2D eigenvalue weighted by molar-refractivity contribution is 0.390. The maximum Gasteiger partial charge on any atom is 0.224 e. The average Bonchev–Trinajstić information content (AvgIpc) is 2.25. The highest BCUT2D eigenvalue weighted by Gasteiger charge is 2.05. The monoisotopic (exact) mass is 237 g/mol. The Balaban J connectivity index is 2.58. The molecule has 0 fully saturated rings. The maximum atomic E-state index is 4.37. The molecule has 1 heterocycles. The molecular formula is C12H23N5. The van der Waals surface area contributed by atoms with E-state index in [4.69, 9.17) is 0 Å². The molecule has 0 saturated carbocycles. The predicted octanol–water partition coefficient (Wildman–Crippen LogP) is 1.58. The zero-order valence-electron chi connectivity index (χ0n) is 11.4. The molecule has 96 valence electrons. The second kappa shape index (κ2) is 6.39. The van der Waals surface area contributed by atoms with Crippen molar-refractivity contribution in [2.75, 3.05) is 38.3 Å². The molecule has 5 nitrogen and oxygen atoms in total. The van der Waals surface area contributed by atoms with Crippen LogP contribution in [0.3, 0.4) is 0 Å². The van der Waals surface area contributed by atoms with E-state index in [1.807, 2.05) is 20.0 Å². The summed E-state index contributed by atoms with van der Waals surface area (Å²) in [6, 6.07) is 2.36. The van der Waals surface area contributed by atoms with Crippen LogP contribution in [0.15, 0.2) is 6.07 Å². The van der Waals surface area contributed by atoms with Crippen LogP contribution in [0, 0.1) is 6.92 Å². The number of rotatable bonds is 6. The van der Waals surface area contributed by atoms with E-state index in [1.54, 1.807) is 0 Å². The first-order valence-electron chi connectivity index (χ1n) is 5.96. The van der Waals surface area contributed by atoms with E-state index in [0.29, 0.717) is 12.0 Å². The summed E-state index contributed by atoms with van der Waals surface area (Å²) in [5, 5.41) is 6.36. The van der Waals surface area contributed by atoms with Gasteiger partial charge in [0.05, 0.1) is 0 Å². The molecule has 1 unspecified atom stereocenters. The molecule has 1 atom stereocenters. The lowest BCUT2D eigenvalue weighted by Gasteiger charge is -2.17. The molecule has 0 saturated heterocycles. The van der Waals surface area contributed by atoms with E-state index in [0.717, 1.165) is 24.5 Å². The molecule has 1 aromatic heterocycles. The Labute approximate surface area is 104 Å². The van der Waals surface area contributed by atoms with Crippen LogP contribution in [-0.2, 0) is 0 Å². The van der Waals surface area contributed by atoms with Crippen LogP contribution in [0.2, 0.25) is 0 Å². The second-order valence-electron chi connectivity index (χ2n) is 4.61. The zero-order chi connectivity index (χ0) is 12.8. The minimum absolute atomic E-state index is 0.399. The summed E-state index contributed by atoms with van der Waals surface area (Å²) >= 11 is 0. The van der Waals surface area contributed by atoms with Crippen molar-refractivity contribution in [3.05, 3.63) is 11.8 Å². The van der Waals surface area contributed by atoms with Gasteiger partial charge in [0.25, 0.3) is 0 Å². The lowest BCUT2D eigenvalue weighted by Crippen LogP contribution is -2.23.